The highest BCUT2D eigenvalue weighted by atomic mass is 19.3. The van der Waals surface area contributed by atoms with Gasteiger partial charge in [-0.25, -0.2) is 4.98 Å². The second kappa shape index (κ2) is 7.12. The summed E-state index contributed by atoms with van der Waals surface area (Å²) in [6, 6.07) is 3.11. The van der Waals surface area contributed by atoms with Crippen LogP contribution in [0.15, 0.2) is 30.7 Å². The Kier molecular flexibility index (Phi) is 4.61. The average Bonchev–Trinajstić information content (AvgIpc) is 3.24. The molecule has 29 heavy (non-hydrogen) atoms. The van der Waals surface area contributed by atoms with E-state index in [-0.39, 0.29) is 17.5 Å². The summed E-state index contributed by atoms with van der Waals surface area (Å²) < 4.78 is 36.5. The lowest BCUT2D eigenvalue weighted by molar-refractivity contribution is -0.0515. The Labute approximate surface area is 164 Å². The first-order chi connectivity index (χ1) is 13.9. The van der Waals surface area contributed by atoms with E-state index in [4.69, 9.17) is 4.74 Å². The molecule has 0 N–H and O–H groups in total. The van der Waals surface area contributed by atoms with E-state index in [1.807, 2.05) is 6.92 Å². The Morgan fingerprint density at radius 1 is 1.24 bits per heavy atom. The number of ether oxygens (including phenoxy) is 2. The number of amides is 1. The van der Waals surface area contributed by atoms with Gasteiger partial charge in [0, 0.05) is 25.0 Å². The molecule has 0 bridgehead atoms. The zero-order valence-corrected chi connectivity index (χ0v) is 15.9. The third kappa shape index (κ3) is 3.37. The summed E-state index contributed by atoms with van der Waals surface area (Å²) >= 11 is 0. The minimum atomic E-state index is -3.01. The van der Waals surface area contributed by atoms with E-state index in [1.54, 1.807) is 35.1 Å². The summed E-state index contributed by atoms with van der Waals surface area (Å²) in [6.45, 7) is -0.915. The number of alkyl halides is 2. The lowest BCUT2D eigenvalue weighted by Crippen LogP contribution is -2.22. The molecular weight excluding hydrogens is 384 g/mol. The zero-order valence-electron chi connectivity index (χ0n) is 15.9. The van der Waals surface area contributed by atoms with Gasteiger partial charge < -0.3 is 9.47 Å². The molecule has 3 aromatic heterocycles. The largest absolute Gasteiger partial charge is 0.478 e. The van der Waals surface area contributed by atoms with Gasteiger partial charge in [-0.2, -0.15) is 13.9 Å². The Morgan fingerprint density at radius 2 is 2.03 bits per heavy atom. The molecule has 0 spiro atoms. The monoisotopic (exact) mass is 401 g/mol. The number of rotatable bonds is 5. The molecule has 1 amide bonds. The van der Waals surface area contributed by atoms with E-state index in [1.165, 1.54) is 19.4 Å². The van der Waals surface area contributed by atoms with Crippen molar-refractivity contribution in [1.82, 2.24) is 19.7 Å². The molecule has 3 aromatic rings. The van der Waals surface area contributed by atoms with Crippen LogP contribution in [0.3, 0.4) is 0 Å². The summed E-state index contributed by atoms with van der Waals surface area (Å²) in [5, 5.41) is 4.10. The first kappa shape index (κ1) is 18.8. The smallest absolute Gasteiger partial charge is 0.387 e. The molecule has 0 aromatic carbocycles. The summed E-state index contributed by atoms with van der Waals surface area (Å²) in [6.07, 6.45) is 4.82. The summed E-state index contributed by atoms with van der Waals surface area (Å²) in [4.78, 5) is 23.0. The van der Waals surface area contributed by atoms with Gasteiger partial charge in [0.15, 0.2) is 5.75 Å². The predicted molar refractivity (Wildman–Crippen MR) is 99.1 cm³/mol. The SMILES string of the molecule is COc1ncc(-c2cc(C)c3c(n2)CN(c2cnn(C)c2)C3=O)cc1OC(F)F. The van der Waals surface area contributed by atoms with Crippen molar-refractivity contribution in [3.05, 3.63) is 47.5 Å². The molecule has 1 aliphatic rings. The number of hydrogen-bond acceptors (Lipinski definition) is 6. The molecule has 0 radical (unpaired) electrons. The second-order valence-corrected chi connectivity index (χ2v) is 6.52. The fourth-order valence-electron chi connectivity index (χ4n) is 3.31. The standard InChI is InChI=1S/C19H17F2N5O3/c1-10-4-13(11-5-15(29-19(20)21)17(28-3)22-6-11)24-14-9-26(18(27)16(10)14)12-7-23-25(2)8-12/h4-8,19H,9H2,1-3H3. The van der Waals surface area contributed by atoms with E-state index < -0.39 is 6.61 Å². The number of halogens is 2. The van der Waals surface area contributed by atoms with Crippen molar-refractivity contribution >= 4 is 11.6 Å². The maximum Gasteiger partial charge on any atom is 0.387 e. The average molecular weight is 401 g/mol. The number of hydrogen-bond donors (Lipinski definition) is 0. The Balaban J connectivity index is 1.72. The Hall–Kier alpha value is -3.56. The minimum Gasteiger partial charge on any atom is -0.478 e. The van der Waals surface area contributed by atoms with E-state index in [9.17, 15) is 13.6 Å². The van der Waals surface area contributed by atoms with Crippen LogP contribution in [0.2, 0.25) is 0 Å². The van der Waals surface area contributed by atoms with Gasteiger partial charge in [-0.3, -0.25) is 19.4 Å². The van der Waals surface area contributed by atoms with Crippen molar-refractivity contribution in [3.8, 4) is 22.9 Å². The predicted octanol–water partition coefficient (Wildman–Crippen LogP) is 2.96. The summed E-state index contributed by atoms with van der Waals surface area (Å²) in [7, 11) is 3.09. The van der Waals surface area contributed by atoms with Crippen molar-refractivity contribution in [2.75, 3.05) is 12.0 Å². The van der Waals surface area contributed by atoms with Gasteiger partial charge in [0.25, 0.3) is 11.8 Å². The number of fused-ring (bicyclic) bond motifs is 1. The molecule has 4 rings (SSSR count). The van der Waals surface area contributed by atoms with Crippen LogP contribution in [0.5, 0.6) is 11.6 Å². The Morgan fingerprint density at radius 3 is 2.69 bits per heavy atom. The van der Waals surface area contributed by atoms with Crippen molar-refractivity contribution in [2.45, 2.75) is 20.1 Å². The molecule has 0 fully saturated rings. The van der Waals surface area contributed by atoms with Gasteiger partial charge >= 0.3 is 6.61 Å². The fraction of sp³-hybridized carbons (Fsp3) is 0.263. The van der Waals surface area contributed by atoms with Gasteiger partial charge in [0.1, 0.15) is 0 Å². The highest BCUT2D eigenvalue weighted by molar-refractivity contribution is 6.10. The second-order valence-electron chi connectivity index (χ2n) is 6.52. The van der Waals surface area contributed by atoms with Crippen LogP contribution in [0.1, 0.15) is 21.6 Å². The topological polar surface area (TPSA) is 82.4 Å². The maximum atomic E-state index is 12.9. The number of aryl methyl sites for hydroxylation is 2. The van der Waals surface area contributed by atoms with Gasteiger partial charge in [0.05, 0.1) is 42.5 Å². The fourth-order valence-corrected chi connectivity index (χ4v) is 3.31. The number of methoxy groups -OCH3 is 1. The number of carbonyl (C=O) groups excluding carboxylic acids is 1. The van der Waals surface area contributed by atoms with Crippen molar-refractivity contribution < 1.29 is 23.0 Å². The molecule has 150 valence electrons. The lowest BCUT2D eigenvalue weighted by Gasteiger charge is -2.11. The number of nitrogens with zero attached hydrogens (tertiary/aromatic N) is 5. The van der Waals surface area contributed by atoms with Crippen LogP contribution in [-0.4, -0.2) is 39.4 Å². The van der Waals surface area contributed by atoms with Crippen LogP contribution >= 0.6 is 0 Å². The summed E-state index contributed by atoms with van der Waals surface area (Å²) in [5.74, 6) is -0.392. The molecule has 0 atom stereocenters. The highest BCUT2D eigenvalue weighted by Crippen LogP contribution is 2.34. The van der Waals surface area contributed by atoms with Crippen LogP contribution in [-0.2, 0) is 13.6 Å². The first-order valence-corrected chi connectivity index (χ1v) is 8.67. The van der Waals surface area contributed by atoms with Crippen molar-refractivity contribution in [3.63, 3.8) is 0 Å². The molecule has 0 saturated carbocycles. The lowest BCUT2D eigenvalue weighted by atomic mass is 10.1. The summed E-state index contributed by atoms with van der Waals surface area (Å²) in [5.41, 5.74) is 3.50. The highest BCUT2D eigenvalue weighted by Gasteiger charge is 2.32. The molecule has 1 aliphatic heterocycles. The quantitative estimate of drug-likeness (QED) is 0.654. The molecule has 0 unspecified atom stereocenters. The molecular formula is C19H17F2N5O3. The third-order valence-corrected chi connectivity index (χ3v) is 4.58. The van der Waals surface area contributed by atoms with E-state index in [0.717, 1.165) is 5.56 Å². The van der Waals surface area contributed by atoms with E-state index in [0.29, 0.717) is 34.7 Å². The molecule has 0 saturated heterocycles. The molecule has 4 heterocycles. The molecule has 10 heteroatoms. The molecule has 8 nitrogen and oxygen atoms in total. The maximum absolute atomic E-state index is 12.9. The number of pyridine rings is 2. The van der Waals surface area contributed by atoms with Gasteiger partial charge in [-0.05, 0) is 24.6 Å². The van der Waals surface area contributed by atoms with Crippen LogP contribution in [0, 0.1) is 6.92 Å². The molecule has 0 aliphatic carbocycles. The normalized spacial score (nSPS) is 13.2. The first-order valence-electron chi connectivity index (χ1n) is 8.67. The van der Waals surface area contributed by atoms with Crippen LogP contribution in [0.4, 0.5) is 14.5 Å². The van der Waals surface area contributed by atoms with Gasteiger partial charge in [0.2, 0.25) is 0 Å². The van der Waals surface area contributed by atoms with Crippen molar-refractivity contribution in [2.24, 2.45) is 7.05 Å². The number of carbonyl (C=O) groups is 1. The van der Waals surface area contributed by atoms with Crippen molar-refractivity contribution in [1.29, 1.82) is 0 Å². The number of anilines is 1. The zero-order chi connectivity index (χ0) is 20.7. The van der Waals surface area contributed by atoms with Crippen LogP contribution < -0.4 is 14.4 Å². The van der Waals surface area contributed by atoms with Gasteiger partial charge in [-0.1, -0.05) is 0 Å². The van der Waals surface area contributed by atoms with E-state index >= 15 is 0 Å². The van der Waals surface area contributed by atoms with E-state index in [2.05, 4.69) is 19.8 Å². The van der Waals surface area contributed by atoms with Gasteiger partial charge in [-0.15, -0.1) is 0 Å². The number of aromatic nitrogens is 4. The van der Waals surface area contributed by atoms with Crippen LogP contribution in [0.25, 0.3) is 11.3 Å². The Bertz CT molecular complexity index is 1100. The minimum absolute atomic E-state index is 0.0511. The third-order valence-electron chi connectivity index (χ3n) is 4.58.